The first-order valence-electron chi connectivity index (χ1n) is 8.32. The van der Waals surface area contributed by atoms with E-state index in [1.807, 2.05) is 13.8 Å². The third-order valence-corrected chi connectivity index (χ3v) is 5.31. The lowest BCUT2D eigenvalue weighted by atomic mass is 10.0. The molecule has 0 aliphatic rings. The largest absolute Gasteiger partial charge is 0.497 e. The molecule has 0 aromatic heterocycles. The van der Waals surface area contributed by atoms with Crippen LogP contribution in [0, 0.1) is 0 Å². The minimum atomic E-state index is -3.61. The zero-order valence-corrected chi connectivity index (χ0v) is 16.3. The maximum Gasteiger partial charge on any atom is 0.240 e. The second kappa shape index (κ2) is 8.91. The molecule has 142 valence electrons. The number of sulfonamides is 1. The first-order valence-corrected chi connectivity index (χ1v) is 9.80. The fraction of sp³-hybridized carbons (Fsp3) is 0.368. The van der Waals surface area contributed by atoms with Crippen LogP contribution >= 0.6 is 0 Å². The highest BCUT2D eigenvalue weighted by atomic mass is 32.2. The van der Waals surface area contributed by atoms with Crippen LogP contribution in [0.2, 0.25) is 0 Å². The quantitative estimate of drug-likeness (QED) is 0.678. The Kier molecular flexibility index (Phi) is 6.88. The summed E-state index contributed by atoms with van der Waals surface area (Å²) >= 11 is 0. The first-order chi connectivity index (χ1) is 12.4. The van der Waals surface area contributed by atoms with E-state index in [-0.39, 0.29) is 24.0 Å². The summed E-state index contributed by atoms with van der Waals surface area (Å²) in [5, 5.41) is 0. The van der Waals surface area contributed by atoms with Crippen molar-refractivity contribution >= 4 is 10.0 Å². The van der Waals surface area contributed by atoms with Gasteiger partial charge in [-0.1, -0.05) is 13.8 Å². The second-order valence-electron chi connectivity index (χ2n) is 5.98. The number of hydrogen-bond acceptors (Lipinski definition) is 5. The predicted molar refractivity (Wildman–Crippen MR) is 101 cm³/mol. The molecule has 0 bridgehead atoms. The van der Waals surface area contributed by atoms with Crippen molar-refractivity contribution in [2.45, 2.75) is 24.7 Å². The molecule has 0 spiro atoms. The summed E-state index contributed by atoms with van der Waals surface area (Å²) in [6.07, 6.45) is 0. The van der Waals surface area contributed by atoms with Gasteiger partial charge in [-0.15, -0.1) is 0 Å². The van der Waals surface area contributed by atoms with Crippen LogP contribution < -0.4 is 18.9 Å². The topological polar surface area (TPSA) is 73.9 Å². The molecule has 0 fully saturated rings. The monoisotopic (exact) mass is 379 g/mol. The lowest BCUT2D eigenvalue weighted by Gasteiger charge is -2.14. The van der Waals surface area contributed by atoms with Crippen molar-refractivity contribution in [3.63, 3.8) is 0 Å². The van der Waals surface area contributed by atoms with Crippen molar-refractivity contribution in [2.24, 2.45) is 0 Å². The Balaban J connectivity index is 1.96. The summed E-state index contributed by atoms with van der Waals surface area (Å²) in [6.45, 7) is 4.37. The van der Waals surface area contributed by atoms with Crippen molar-refractivity contribution in [1.82, 2.24) is 4.72 Å². The second-order valence-corrected chi connectivity index (χ2v) is 7.75. The molecule has 0 aliphatic heterocycles. The molecule has 6 nitrogen and oxygen atoms in total. The van der Waals surface area contributed by atoms with Gasteiger partial charge in [-0.3, -0.25) is 0 Å². The number of benzene rings is 2. The summed E-state index contributed by atoms with van der Waals surface area (Å²) in [7, 11) is -0.447. The summed E-state index contributed by atoms with van der Waals surface area (Å²) in [6, 6.07) is 12.0. The van der Waals surface area contributed by atoms with E-state index in [9.17, 15) is 8.42 Å². The van der Waals surface area contributed by atoms with Crippen molar-refractivity contribution in [3.8, 4) is 17.2 Å². The fourth-order valence-corrected chi connectivity index (χ4v) is 3.48. The van der Waals surface area contributed by atoms with E-state index < -0.39 is 10.0 Å². The van der Waals surface area contributed by atoms with Crippen LogP contribution in [0.25, 0.3) is 0 Å². The van der Waals surface area contributed by atoms with Crippen LogP contribution in [0.5, 0.6) is 17.2 Å². The number of ether oxygens (including phenoxy) is 3. The van der Waals surface area contributed by atoms with E-state index >= 15 is 0 Å². The molecule has 0 unspecified atom stereocenters. The zero-order valence-electron chi connectivity index (χ0n) is 15.5. The summed E-state index contributed by atoms with van der Waals surface area (Å²) < 4.78 is 43.4. The fourth-order valence-electron chi connectivity index (χ4n) is 2.43. The SMILES string of the molecule is COc1ccc(OCCNS(=O)(=O)c2ccc(OC)c(C(C)C)c2)cc1. The van der Waals surface area contributed by atoms with Gasteiger partial charge in [-0.2, -0.15) is 0 Å². The molecule has 2 aromatic carbocycles. The van der Waals surface area contributed by atoms with Gasteiger partial charge in [0.05, 0.1) is 19.1 Å². The maximum atomic E-state index is 12.5. The lowest BCUT2D eigenvalue weighted by molar-refractivity contribution is 0.322. The molecule has 0 aliphatic carbocycles. The zero-order chi connectivity index (χ0) is 19.2. The van der Waals surface area contributed by atoms with Gasteiger partial charge in [0, 0.05) is 6.54 Å². The Labute approximate surface area is 155 Å². The molecule has 0 amide bonds. The summed E-state index contributed by atoms with van der Waals surface area (Å²) in [5.41, 5.74) is 0.852. The van der Waals surface area contributed by atoms with Crippen LogP contribution in [0.4, 0.5) is 0 Å². The molecular weight excluding hydrogens is 354 g/mol. The Hall–Kier alpha value is -2.25. The first kappa shape index (κ1) is 20.1. The van der Waals surface area contributed by atoms with Crippen LogP contribution in [0.1, 0.15) is 25.3 Å². The van der Waals surface area contributed by atoms with Gasteiger partial charge in [0.25, 0.3) is 0 Å². The summed E-state index contributed by atoms with van der Waals surface area (Å²) in [4.78, 5) is 0.214. The number of rotatable bonds is 9. The van der Waals surface area contributed by atoms with Crippen LogP contribution in [-0.4, -0.2) is 35.8 Å². The standard InChI is InChI=1S/C19H25NO5S/c1-14(2)18-13-17(9-10-19(18)24-4)26(21,22)20-11-12-25-16-7-5-15(23-3)6-8-16/h5-10,13-14,20H,11-12H2,1-4H3. The molecule has 1 N–H and O–H groups in total. The lowest BCUT2D eigenvalue weighted by Crippen LogP contribution is -2.28. The molecule has 0 saturated heterocycles. The molecule has 0 heterocycles. The normalized spacial score (nSPS) is 11.4. The van der Waals surface area contributed by atoms with Crippen molar-refractivity contribution < 1.29 is 22.6 Å². The minimum absolute atomic E-state index is 0.151. The van der Waals surface area contributed by atoms with Gasteiger partial charge in [-0.25, -0.2) is 13.1 Å². The van der Waals surface area contributed by atoms with Gasteiger partial charge in [0.2, 0.25) is 10.0 Å². The molecule has 0 atom stereocenters. The van der Waals surface area contributed by atoms with Crippen LogP contribution in [0.3, 0.4) is 0 Å². The predicted octanol–water partition coefficient (Wildman–Crippen LogP) is 3.18. The average molecular weight is 379 g/mol. The van der Waals surface area contributed by atoms with Crippen LogP contribution in [0.15, 0.2) is 47.4 Å². The van der Waals surface area contributed by atoms with Gasteiger partial charge in [-0.05, 0) is 53.9 Å². The Morgan fingerprint density at radius 1 is 0.962 bits per heavy atom. The molecule has 26 heavy (non-hydrogen) atoms. The maximum absolute atomic E-state index is 12.5. The highest BCUT2D eigenvalue weighted by molar-refractivity contribution is 7.89. The van der Waals surface area contributed by atoms with Gasteiger partial charge >= 0.3 is 0 Å². The Bertz CT molecular complexity index is 816. The molecule has 2 rings (SSSR count). The number of hydrogen-bond donors (Lipinski definition) is 1. The number of nitrogens with one attached hydrogen (secondary N) is 1. The van der Waals surface area contributed by atoms with E-state index in [1.165, 1.54) is 6.07 Å². The minimum Gasteiger partial charge on any atom is -0.497 e. The van der Waals surface area contributed by atoms with Gasteiger partial charge in [0.1, 0.15) is 23.9 Å². The third-order valence-electron chi connectivity index (χ3n) is 3.86. The van der Waals surface area contributed by atoms with Crippen LogP contribution in [-0.2, 0) is 10.0 Å². The van der Waals surface area contributed by atoms with E-state index in [1.54, 1.807) is 50.6 Å². The van der Waals surface area contributed by atoms with E-state index in [4.69, 9.17) is 14.2 Å². The molecule has 0 saturated carbocycles. The number of methoxy groups -OCH3 is 2. The highest BCUT2D eigenvalue weighted by Crippen LogP contribution is 2.28. The smallest absolute Gasteiger partial charge is 0.240 e. The van der Waals surface area contributed by atoms with Crippen molar-refractivity contribution in [2.75, 3.05) is 27.4 Å². The molecular formula is C19H25NO5S. The van der Waals surface area contributed by atoms with Crippen molar-refractivity contribution in [3.05, 3.63) is 48.0 Å². The Morgan fingerprint density at radius 3 is 2.19 bits per heavy atom. The van der Waals surface area contributed by atoms with E-state index in [0.29, 0.717) is 11.5 Å². The third kappa shape index (κ3) is 5.12. The molecule has 2 aromatic rings. The molecule has 7 heteroatoms. The van der Waals surface area contributed by atoms with E-state index in [2.05, 4.69) is 4.72 Å². The van der Waals surface area contributed by atoms with Gasteiger partial charge < -0.3 is 14.2 Å². The van der Waals surface area contributed by atoms with Gasteiger partial charge in [0.15, 0.2) is 0 Å². The van der Waals surface area contributed by atoms with E-state index in [0.717, 1.165) is 11.3 Å². The summed E-state index contributed by atoms with van der Waals surface area (Å²) in [5.74, 6) is 2.22. The van der Waals surface area contributed by atoms with Crippen molar-refractivity contribution in [1.29, 1.82) is 0 Å². The Morgan fingerprint density at radius 2 is 1.62 bits per heavy atom. The average Bonchev–Trinajstić information content (AvgIpc) is 2.65. The highest BCUT2D eigenvalue weighted by Gasteiger charge is 2.17. The molecule has 0 radical (unpaired) electrons.